The minimum absolute atomic E-state index is 0.147. The second-order valence-electron chi connectivity index (χ2n) is 4.25. The summed E-state index contributed by atoms with van der Waals surface area (Å²) in [7, 11) is -4.07. The highest BCUT2D eigenvalue weighted by atomic mass is 32.2. The van der Waals surface area contributed by atoms with Gasteiger partial charge in [0.15, 0.2) is 0 Å². The molecule has 7 nitrogen and oxygen atoms in total. The van der Waals surface area contributed by atoms with Crippen LogP contribution in [0.4, 0.5) is 5.69 Å². The van der Waals surface area contributed by atoms with E-state index < -0.39 is 22.0 Å². The molecule has 0 aliphatic heterocycles. The number of hydrogen-bond donors (Lipinski definition) is 1. The third-order valence-corrected chi connectivity index (χ3v) is 4.17. The SMILES string of the molecule is O=C([O-])c1ccc(S(=O)(=O)Nc2ccccc2C(=O)[O-])cc1. The maximum Gasteiger partial charge on any atom is 0.261 e. The molecule has 0 fully saturated rings. The highest BCUT2D eigenvalue weighted by Crippen LogP contribution is 2.20. The first-order valence-electron chi connectivity index (χ1n) is 5.96. The molecule has 8 heteroatoms. The lowest BCUT2D eigenvalue weighted by Crippen LogP contribution is -2.25. The summed E-state index contributed by atoms with van der Waals surface area (Å²) in [5.74, 6) is -2.95. The second kappa shape index (κ2) is 5.86. The Bertz CT molecular complexity index is 827. The number of rotatable bonds is 5. The number of carboxylic acid groups (broad SMARTS) is 2. The second-order valence-corrected chi connectivity index (χ2v) is 5.93. The van der Waals surface area contributed by atoms with Crippen LogP contribution in [-0.4, -0.2) is 20.4 Å². The van der Waals surface area contributed by atoms with E-state index in [2.05, 4.69) is 4.72 Å². The standard InChI is InChI=1S/C14H11NO6S/c16-13(17)9-5-7-10(8-6-9)22(20,21)15-12-4-2-1-3-11(12)14(18)19/h1-8,15H,(H,16,17)(H,18,19)/p-2. The van der Waals surface area contributed by atoms with Gasteiger partial charge in [-0.3, -0.25) is 4.72 Å². The molecule has 0 aliphatic rings. The fraction of sp³-hybridized carbons (Fsp3) is 0. The van der Waals surface area contributed by atoms with Gasteiger partial charge in [-0.2, -0.15) is 0 Å². The Morgan fingerprint density at radius 1 is 0.864 bits per heavy atom. The predicted octanol–water partition coefficient (Wildman–Crippen LogP) is -0.786. The third kappa shape index (κ3) is 3.23. The summed E-state index contributed by atoms with van der Waals surface area (Å²) in [6, 6.07) is 9.68. The van der Waals surface area contributed by atoms with Gasteiger partial charge in [0.05, 0.1) is 22.5 Å². The molecular formula is C14H9NO6S-2. The first-order chi connectivity index (χ1) is 10.3. The van der Waals surface area contributed by atoms with Crippen molar-refractivity contribution in [3.05, 3.63) is 59.7 Å². The fourth-order valence-electron chi connectivity index (χ4n) is 1.72. The van der Waals surface area contributed by atoms with Crippen molar-refractivity contribution in [1.82, 2.24) is 0 Å². The van der Waals surface area contributed by atoms with Gasteiger partial charge in [0.25, 0.3) is 10.0 Å². The van der Waals surface area contributed by atoms with Crippen molar-refractivity contribution in [1.29, 1.82) is 0 Å². The van der Waals surface area contributed by atoms with Crippen LogP contribution in [-0.2, 0) is 10.0 Å². The zero-order valence-corrected chi connectivity index (χ0v) is 11.8. The number of carboxylic acids is 2. The van der Waals surface area contributed by atoms with E-state index in [0.29, 0.717) is 0 Å². The Labute approximate surface area is 125 Å². The summed E-state index contributed by atoms with van der Waals surface area (Å²) in [4.78, 5) is 21.4. The van der Waals surface area contributed by atoms with Crippen LogP contribution in [0.3, 0.4) is 0 Å². The van der Waals surface area contributed by atoms with E-state index in [1.807, 2.05) is 0 Å². The van der Waals surface area contributed by atoms with E-state index in [9.17, 15) is 28.2 Å². The maximum absolute atomic E-state index is 12.2. The van der Waals surface area contributed by atoms with Gasteiger partial charge in [0.2, 0.25) is 0 Å². The Morgan fingerprint density at radius 3 is 2.00 bits per heavy atom. The molecule has 2 aromatic rings. The highest BCUT2D eigenvalue weighted by molar-refractivity contribution is 7.92. The number of nitrogens with one attached hydrogen (secondary N) is 1. The molecule has 22 heavy (non-hydrogen) atoms. The van der Waals surface area contributed by atoms with Crippen LogP contribution in [0.5, 0.6) is 0 Å². The fourth-order valence-corrected chi connectivity index (χ4v) is 2.80. The van der Waals surface area contributed by atoms with Crippen molar-refractivity contribution >= 4 is 27.6 Å². The summed E-state index contributed by atoms with van der Waals surface area (Å²) in [6.45, 7) is 0. The molecule has 0 spiro atoms. The first-order valence-corrected chi connectivity index (χ1v) is 7.44. The van der Waals surface area contributed by atoms with Gasteiger partial charge in [-0.15, -0.1) is 0 Å². The van der Waals surface area contributed by atoms with Gasteiger partial charge in [0.1, 0.15) is 0 Å². The molecule has 0 bridgehead atoms. The molecule has 0 amide bonds. The third-order valence-electron chi connectivity index (χ3n) is 2.79. The van der Waals surface area contributed by atoms with Crippen molar-refractivity contribution in [2.24, 2.45) is 0 Å². The molecule has 0 aliphatic carbocycles. The number of carbonyl (C=O) groups is 2. The molecule has 114 valence electrons. The van der Waals surface area contributed by atoms with Gasteiger partial charge < -0.3 is 19.8 Å². The monoisotopic (exact) mass is 319 g/mol. The molecule has 2 rings (SSSR count). The first kappa shape index (κ1) is 15.5. The molecule has 0 heterocycles. The molecule has 0 radical (unpaired) electrons. The quantitative estimate of drug-likeness (QED) is 0.770. The van der Waals surface area contributed by atoms with Crippen molar-refractivity contribution in [2.75, 3.05) is 4.72 Å². The van der Waals surface area contributed by atoms with Gasteiger partial charge >= 0.3 is 0 Å². The van der Waals surface area contributed by atoms with Crippen molar-refractivity contribution in [3.63, 3.8) is 0 Å². The molecule has 0 saturated heterocycles. The Kier molecular flexibility index (Phi) is 4.13. The zero-order chi connectivity index (χ0) is 16.3. The lowest BCUT2D eigenvalue weighted by atomic mass is 10.2. The van der Waals surface area contributed by atoms with Crippen molar-refractivity contribution in [2.45, 2.75) is 4.90 Å². The number of hydrogen-bond acceptors (Lipinski definition) is 6. The molecule has 0 saturated carbocycles. The molecule has 2 aromatic carbocycles. The van der Waals surface area contributed by atoms with E-state index >= 15 is 0 Å². The van der Waals surface area contributed by atoms with Crippen LogP contribution in [0.1, 0.15) is 20.7 Å². The average molecular weight is 319 g/mol. The summed E-state index contributed by atoms with van der Waals surface area (Å²) in [5.41, 5.74) is -0.627. The summed E-state index contributed by atoms with van der Waals surface area (Å²) < 4.78 is 26.5. The van der Waals surface area contributed by atoms with Gasteiger partial charge in [-0.1, -0.05) is 30.3 Å². The average Bonchev–Trinajstić information content (AvgIpc) is 2.47. The van der Waals surface area contributed by atoms with Crippen LogP contribution >= 0.6 is 0 Å². The van der Waals surface area contributed by atoms with Gasteiger partial charge in [-0.05, 0) is 23.8 Å². The number of aromatic carboxylic acids is 2. The van der Waals surface area contributed by atoms with E-state index in [-0.39, 0.29) is 21.7 Å². The number of sulfonamides is 1. The molecule has 0 aromatic heterocycles. The van der Waals surface area contributed by atoms with Crippen LogP contribution in [0.2, 0.25) is 0 Å². The van der Waals surface area contributed by atoms with E-state index in [0.717, 1.165) is 24.3 Å². The van der Waals surface area contributed by atoms with Crippen LogP contribution in [0.15, 0.2) is 53.4 Å². The lowest BCUT2D eigenvalue weighted by molar-refractivity contribution is -0.256. The van der Waals surface area contributed by atoms with E-state index in [1.165, 1.54) is 24.3 Å². The van der Waals surface area contributed by atoms with E-state index in [1.54, 1.807) is 0 Å². The minimum atomic E-state index is -4.07. The summed E-state index contributed by atoms with van der Waals surface area (Å²) in [5, 5.41) is 21.6. The van der Waals surface area contributed by atoms with Crippen molar-refractivity contribution < 1.29 is 28.2 Å². The van der Waals surface area contributed by atoms with Crippen molar-refractivity contribution in [3.8, 4) is 0 Å². The summed E-state index contributed by atoms with van der Waals surface area (Å²) >= 11 is 0. The largest absolute Gasteiger partial charge is 0.545 e. The molecule has 0 unspecified atom stereocenters. The Hall–Kier alpha value is -2.87. The zero-order valence-electron chi connectivity index (χ0n) is 11.0. The minimum Gasteiger partial charge on any atom is -0.545 e. The van der Waals surface area contributed by atoms with Crippen LogP contribution in [0, 0.1) is 0 Å². The topological polar surface area (TPSA) is 126 Å². The lowest BCUT2D eigenvalue weighted by Gasteiger charge is -2.13. The van der Waals surface area contributed by atoms with Gasteiger partial charge in [0, 0.05) is 5.56 Å². The smallest absolute Gasteiger partial charge is 0.261 e. The summed E-state index contributed by atoms with van der Waals surface area (Å²) in [6.07, 6.45) is 0. The Balaban J connectivity index is 2.36. The van der Waals surface area contributed by atoms with Gasteiger partial charge in [-0.25, -0.2) is 8.42 Å². The number of benzene rings is 2. The van der Waals surface area contributed by atoms with E-state index in [4.69, 9.17) is 0 Å². The molecule has 1 N–H and O–H groups in total. The maximum atomic E-state index is 12.2. The predicted molar refractivity (Wildman–Crippen MR) is 72.4 cm³/mol. The number of carbonyl (C=O) groups excluding carboxylic acids is 2. The molecular weight excluding hydrogens is 310 g/mol. The Morgan fingerprint density at radius 2 is 1.45 bits per heavy atom. The number of para-hydroxylation sites is 1. The normalized spacial score (nSPS) is 10.9. The van der Waals surface area contributed by atoms with Crippen LogP contribution in [0.25, 0.3) is 0 Å². The molecule has 0 atom stereocenters. The van der Waals surface area contributed by atoms with Crippen LogP contribution < -0.4 is 14.9 Å². The number of anilines is 1. The highest BCUT2D eigenvalue weighted by Gasteiger charge is 2.16.